The van der Waals surface area contributed by atoms with Crippen LogP contribution in [0.15, 0.2) is 12.1 Å². The van der Waals surface area contributed by atoms with Crippen molar-refractivity contribution in [2.24, 2.45) is 5.73 Å². The fourth-order valence-electron chi connectivity index (χ4n) is 1.61. The first kappa shape index (κ1) is 13.2. The Morgan fingerprint density at radius 3 is 2.53 bits per heavy atom. The van der Waals surface area contributed by atoms with E-state index < -0.39 is 4.92 Å². The highest BCUT2D eigenvalue weighted by Gasteiger charge is 2.17. The predicted octanol–water partition coefficient (Wildman–Crippen LogP) is 1.50. The first-order chi connectivity index (χ1) is 8.13. The van der Waals surface area contributed by atoms with Crippen molar-refractivity contribution in [3.05, 3.63) is 27.8 Å². The lowest BCUT2D eigenvalue weighted by Crippen LogP contribution is -2.03. The smallest absolute Gasteiger partial charge is 0.273 e. The average Bonchev–Trinajstić information content (AvgIpc) is 2.34. The van der Waals surface area contributed by atoms with Gasteiger partial charge in [0.15, 0.2) is 11.5 Å². The van der Waals surface area contributed by atoms with Crippen molar-refractivity contribution < 1.29 is 14.4 Å². The molecule has 0 aliphatic rings. The van der Waals surface area contributed by atoms with Gasteiger partial charge in [-0.25, -0.2) is 0 Å². The topological polar surface area (TPSA) is 87.6 Å². The molecule has 0 aromatic heterocycles. The number of nitro benzene ring substituents is 1. The van der Waals surface area contributed by atoms with E-state index >= 15 is 0 Å². The van der Waals surface area contributed by atoms with Gasteiger partial charge in [-0.1, -0.05) is 0 Å². The van der Waals surface area contributed by atoms with Crippen LogP contribution in [0.1, 0.15) is 12.0 Å². The molecule has 6 heteroatoms. The third-order valence-corrected chi connectivity index (χ3v) is 2.40. The highest BCUT2D eigenvalue weighted by molar-refractivity contribution is 5.54. The monoisotopic (exact) mass is 240 g/mol. The molecule has 1 aromatic carbocycles. The summed E-state index contributed by atoms with van der Waals surface area (Å²) in [6, 6.07) is 2.85. The van der Waals surface area contributed by atoms with Crippen LogP contribution >= 0.6 is 0 Å². The van der Waals surface area contributed by atoms with E-state index in [1.807, 2.05) is 0 Å². The summed E-state index contributed by atoms with van der Waals surface area (Å²) in [5.74, 6) is 0.903. The molecule has 0 spiro atoms. The van der Waals surface area contributed by atoms with Gasteiger partial charge in [0.1, 0.15) is 0 Å². The second-order valence-corrected chi connectivity index (χ2v) is 3.49. The van der Waals surface area contributed by atoms with Crippen molar-refractivity contribution >= 4 is 5.69 Å². The minimum absolute atomic E-state index is 0.00493. The van der Waals surface area contributed by atoms with Crippen LogP contribution in [0.4, 0.5) is 5.69 Å². The molecular formula is C11H16N2O4. The number of non-ortho nitro benzene ring substituents is 1. The molecule has 0 saturated carbocycles. The van der Waals surface area contributed by atoms with Crippen molar-refractivity contribution in [1.82, 2.24) is 0 Å². The van der Waals surface area contributed by atoms with Gasteiger partial charge in [0, 0.05) is 11.6 Å². The van der Waals surface area contributed by atoms with Crippen LogP contribution in [0.3, 0.4) is 0 Å². The number of ether oxygens (including phenoxy) is 2. The Morgan fingerprint density at radius 2 is 2.06 bits per heavy atom. The van der Waals surface area contributed by atoms with Crippen molar-refractivity contribution in [1.29, 1.82) is 0 Å². The number of nitrogens with two attached hydrogens (primary N) is 1. The zero-order valence-electron chi connectivity index (χ0n) is 9.93. The number of benzene rings is 1. The summed E-state index contributed by atoms with van der Waals surface area (Å²) < 4.78 is 10.3. The maximum Gasteiger partial charge on any atom is 0.273 e. The number of aryl methyl sites for hydroxylation is 1. The van der Waals surface area contributed by atoms with Crippen molar-refractivity contribution in [2.45, 2.75) is 12.8 Å². The Hall–Kier alpha value is -1.82. The molecule has 0 aliphatic carbocycles. The number of nitrogens with zero attached hydrogens (tertiary/aromatic N) is 1. The molecule has 0 fully saturated rings. The van der Waals surface area contributed by atoms with E-state index in [-0.39, 0.29) is 5.69 Å². The number of hydrogen-bond donors (Lipinski definition) is 1. The van der Waals surface area contributed by atoms with E-state index in [4.69, 9.17) is 15.2 Å². The molecule has 0 heterocycles. The predicted molar refractivity (Wildman–Crippen MR) is 63.6 cm³/mol. The largest absolute Gasteiger partial charge is 0.493 e. The number of nitro groups is 1. The van der Waals surface area contributed by atoms with Gasteiger partial charge in [0.05, 0.1) is 25.2 Å². The van der Waals surface area contributed by atoms with Gasteiger partial charge in [-0.15, -0.1) is 0 Å². The van der Waals surface area contributed by atoms with E-state index in [0.717, 1.165) is 12.0 Å². The number of hydrogen-bond acceptors (Lipinski definition) is 5. The standard InChI is InChI=1S/C11H16N2O4/c1-16-10-7-9(13(14)15)6-8(4-3-5-12)11(10)17-2/h6-7H,3-5,12H2,1-2H3. The molecule has 0 saturated heterocycles. The summed E-state index contributed by atoms with van der Waals surface area (Å²) in [5, 5.41) is 10.8. The highest BCUT2D eigenvalue weighted by Crippen LogP contribution is 2.35. The summed E-state index contributed by atoms with van der Waals surface area (Å²) in [4.78, 5) is 10.3. The molecule has 1 rings (SSSR count). The van der Waals surface area contributed by atoms with Gasteiger partial charge >= 0.3 is 0 Å². The fourth-order valence-corrected chi connectivity index (χ4v) is 1.61. The molecule has 17 heavy (non-hydrogen) atoms. The Kier molecular flexibility index (Phi) is 4.71. The van der Waals surface area contributed by atoms with Crippen LogP contribution in [0, 0.1) is 10.1 Å². The van der Waals surface area contributed by atoms with E-state index in [1.54, 1.807) is 0 Å². The van der Waals surface area contributed by atoms with E-state index in [0.29, 0.717) is 24.5 Å². The molecule has 94 valence electrons. The lowest BCUT2D eigenvalue weighted by atomic mass is 10.1. The van der Waals surface area contributed by atoms with E-state index in [9.17, 15) is 10.1 Å². The van der Waals surface area contributed by atoms with Crippen LogP contribution in [-0.2, 0) is 6.42 Å². The second-order valence-electron chi connectivity index (χ2n) is 3.49. The summed E-state index contributed by atoms with van der Waals surface area (Å²) in [6.45, 7) is 0.522. The average molecular weight is 240 g/mol. The molecule has 0 aliphatic heterocycles. The minimum Gasteiger partial charge on any atom is -0.493 e. The summed E-state index contributed by atoms with van der Waals surface area (Å²) in [6.07, 6.45) is 1.36. The second kappa shape index (κ2) is 6.05. The maximum absolute atomic E-state index is 10.8. The van der Waals surface area contributed by atoms with Gasteiger partial charge in [0.2, 0.25) is 0 Å². The Morgan fingerprint density at radius 1 is 1.35 bits per heavy atom. The molecule has 1 aromatic rings. The minimum atomic E-state index is -0.450. The normalized spacial score (nSPS) is 10.1. The van der Waals surface area contributed by atoms with Gasteiger partial charge in [-0.2, -0.15) is 0 Å². The molecule has 2 N–H and O–H groups in total. The summed E-state index contributed by atoms with van der Waals surface area (Å²) >= 11 is 0. The first-order valence-corrected chi connectivity index (χ1v) is 5.23. The molecule has 6 nitrogen and oxygen atoms in total. The van der Waals surface area contributed by atoms with Crippen LogP contribution < -0.4 is 15.2 Å². The Labute approximate surface area is 99.5 Å². The third-order valence-electron chi connectivity index (χ3n) is 2.40. The van der Waals surface area contributed by atoms with Crippen LogP contribution in [0.2, 0.25) is 0 Å². The van der Waals surface area contributed by atoms with Crippen molar-refractivity contribution in [2.75, 3.05) is 20.8 Å². The molecule has 0 radical (unpaired) electrons. The SMILES string of the molecule is COc1cc([N+](=O)[O-])cc(CCCN)c1OC. The Bertz CT molecular complexity index is 407. The maximum atomic E-state index is 10.8. The Balaban J connectivity index is 3.21. The highest BCUT2D eigenvalue weighted by atomic mass is 16.6. The van der Waals surface area contributed by atoms with Crippen molar-refractivity contribution in [3.63, 3.8) is 0 Å². The molecule has 0 atom stereocenters. The van der Waals surface area contributed by atoms with Crippen LogP contribution in [-0.4, -0.2) is 25.7 Å². The zero-order valence-corrected chi connectivity index (χ0v) is 9.93. The van der Waals surface area contributed by atoms with E-state index in [2.05, 4.69) is 0 Å². The molecule has 0 bridgehead atoms. The van der Waals surface area contributed by atoms with Crippen LogP contribution in [0.25, 0.3) is 0 Å². The first-order valence-electron chi connectivity index (χ1n) is 5.23. The van der Waals surface area contributed by atoms with Gasteiger partial charge in [-0.05, 0) is 19.4 Å². The lowest BCUT2D eigenvalue weighted by Gasteiger charge is -2.12. The number of rotatable bonds is 6. The van der Waals surface area contributed by atoms with Crippen LogP contribution in [0.5, 0.6) is 11.5 Å². The molecule has 0 unspecified atom stereocenters. The zero-order chi connectivity index (χ0) is 12.8. The summed E-state index contributed by atoms with van der Waals surface area (Å²) in [7, 11) is 2.96. The molecular weight excluding hydrogens is 224 g/mol. The van der Waals surface area contributed by atoms with Gasteiger partial charge in [-0.3, -0.25) is 10.1 Å². The number of methoxy groups -OCH3 is 2. The van der Waals surface area contributed by atoms with Crippen molar-refractivity contribution in [3.8, 4) is 11.5 Å². The lowest BCUT2D eigenvalue weighted by molar-refractivity contribution is -0.385. The molecule has 0 amide bonds. The van der Waals surface area contributed by atoms with Gasteiger partial charge in [0.25, 0.3) is 5.69 Å². The third kappa shape index (κ3) is 3.07. The summed E-state index contributed by atoms with van der Waals surface area (Å²) in [5.41, 5.74) is 6.17. The quantitative estimate of drug-likeness (QED) is 0.601. The fraction of sp³-hybridized carbons (Fsp3) is 0.455. The van der Waals surface area contributed by atoms with E-state index in [1.165, 1.54) is 26.4 Å². The van der Waals surface area contributed by atoms with Gasteiger partial charge < -0.3 is 15.2 Å².